The van der Waals surface area contributed by atoms with Crippen molar-refractivity contribution in [1.29, 1.82) is 5.26 Å². The number of thioether (sulfide) groups is 1. The van der Waals surface area contributed by atoms with E-state index in [2.05, 4.69) is 27.7 Å². The Morgan fingerprint density at radius 2 is 1.10 bits per heavy atom. The molecule has 0 amide bonds. The molecular formula is C38H36N8S2. The number of hydrogen-bond acceptors (Lipinski definition) is 10. The third-order valence-corrected chi connectivity index (χ3v) is 8.64. The first-order valence-corrected chi connectivity index (χ1v) is 16.9. The molecule has 48 heavy (non-hydrogen) atoms. The number of benzene rings is 2. The van der Waals surface area contributed by atoms with E-state index < -0.39 is 0 Å². The number of nitriles is 1. The predicted molar refractivity (Wildman–Crippen MR) is 201 cm³/mol. The van der Waals surface area contributed by atoms with Crippen molar-refractivity contribution in [2.24, 2.45) is 25.0 Å². The number of fused-ring (bicyclic) bond motifs is 4. The summed E-state index contributed by atoms with van der Waals surface area (Å²) in [5.41, 5.74) is 9.56. The number of aliphatic imine (C=N–C) groups is 5. The highest BCUT2D eigenvalue weighted by atomic mass is 32.2. The fourth-order valence-electron chi connectivity index (χ4n) is 5.35. The van der Waals surface area contributed by atoms with Crippen LogP contribution in [0, 0.1) is 10.7 Å². The van der Waals surface area contributed by atoms with Gasteiger partial charge in [-0.1, -0.05) is 36.4 Å². The zero-order valence-corrected chi connectivity index (χ0v) is 29.1. The molecule has 0 radical (unpaired) electrons. The Balaban J connectivity index is 1.52. The summed E-state index contributed by atoms with van der Waals surface area (Å²) in [5, 5.41) is 13.6. The van der Waals surface area contributed by atoms with Crippen LogP contribution in [-0.4, -0.2) is 63.1 Å². The van der Waals surface area contributed by atoms with Gasteiger partial charge >= 0.3 is 0 Å². The molecule has 0 fully saturated rings. The van der Waals surface area contributed by atoms with Crippen LogP contribution in [0.4, 0.5) is 5.69 Å². The van der Waals surface area contributed by atoms with Crippen molar-refractivity contribution in [2.45, 2.75) is 57.5 Å². The standard InChI is InChI=1S/C38H36N8S2/c1-25-35-7-6-10-38(46-35)28(4)44-33(20-30-13-17-34(18-14-30)48-23-39)22-41-26(2)36-8-5-9-37(45-36)27(3)43-32(21-40-25)19-29-11-15-31(16-12-29)42-24-47/h5-18,32-33H,19-22H2,1-4H3/b40-25+,41-26+,43-27+,44-28+/t32-,33-/m0/s1. The second-order valence-electron chi connectivity index (χ2n) is 11.5. The van der Waals surface area contributed by atoms with Gasteiger partial charge in [-0.2, -0.15) is 10.3 Å². The minimum atomic E-state index is -0.129. The monoisotopic (exact) mass is 668 g/mol. The zero-order valence-electron chi connectivity index (χ0n) is 27.5. The molecule has 2 aromatic heterocycles. The first-order valence-electron chi connectivity index (χ1n) is 15.7. The summed E-state index contributed by atoms with van der Waals surface area (Å²) < 4.78 is 0. The van der Waals surface area contributed by atoms with Crippen molar-refractivity contribution in [3.05, 3.63) is 119 Å². The lowest BCUT2D eigenvalue weighted by molar-refractivity contribution is 0.680. The minimum Gasteiger partial charge on any atom is -0.286 e. The van der Waals surface area contributed by atoms with Gasteiger partial charge in [0, 0.05) is 4.90 Å². The van der Waals surface area contributed by atoms with Crippen LogP contribution in [0.3, 0.4) is 0 Å². The number of hydrogen-bond donors (Lipinski definition) is 0. The molecule has 4 aromatic rings. The molecule has 0 N–H and O–H groups in total. The Kier molecular flexibility index (Phi) is 12.0. The maximum atomic E-state index is 9.03. The number of rotatable bonds is 6. The highest BCUT2D eigenvalue weighted by molar-refractivity contribution is 8.03. The molecule has 3 heterocycles. The van der Waals surface area contributed by atoms with Gasteiger partial charge in [0.05, 0.1) is 81.6 Å². The van der Waals surface area contributed by atoms with Crippen LogP contribution in [0.2, 0.25) is 0 Å². The largest absolute Gasteiger partial charge is 0.286 e. The molecule has 0 spiro atoms. The molecule has 0 unspecified atom stereocenters. The number of pyridine rings is 2. The fourth-order valence-corrected chi connectivity index (χ4v) is 5.84. The molecule has 240 valence electrons. The molecule has 5 rings (SSSR count). The summed E-state index contributed by atoms with van der Waals surface area (Å²) in [5.74, 6) is 0. The van der Waals surface area contributed by atoms with E-state index in [1.54, 1.807) is 0 Å². The van der Waals surface area contributed by atoms with Gasteiger partial charge in [0.25, 0.3) is 0 Å². The van der Waals surface area contributed by atoms with Crippen molar-refractivity contribution in [1.82, 2.24) is 9.97 Å². The molecule has 10 heteroatoms. The van der Waals surface area contributed by atoms with E-state index in [0.29, 0.717) is 25.9 Å². The summed E-state index contributed by atoms with van der Waals surface area (Å²) >= 11 is 5.91. The van der Waals surface area contributed by atoms with Gasteiger partial charge in [-0.3, -0.25) is 20.0 Å². The smallest absolute Gasteiger partial charge is 0.138 e. The van der Waals surface area contributed by atoms with Gasteiger partial charge < -0.3 is 0 Å². The second kappa shape index (κ2) is 16.8. The molecule has 2 atom stereocenters. The van der Waals surface area contributed by atoms with Crippen LogP contribution >= 0.6 is 24.0 Å². The Bertz CT molecular complexity index is 1970. The van der Waals surface area contributed by atoms with Gasteiger partial charge in [0.1, 0.15) is 5.40 Å². The Labute approximate surface area is 291 Å². The average molecular weight is 669 g/mol. The maximum absolute atomic E-state index is 9.03. The molecule has 1 aliphatic heterocycles. The van der Waals surface area contributed by atoms with E-state index in [9.17, 15) is 0 Å². The van der Waals surface area contributed by atoms with E-state index in [4.69, 9.17) is 47.4 Å². The topological polar surface area (TPSA) is 111 Å². The third kappa shape index (κ3) is 9.55. The average Bonchev–Trinajstić information content (AvgIpc) is 3.10. The summed E-state index contributed by atoms with van der Waals surface area (Å²) in [6.45, 7) is 8.93. The number of nitrogens with zero attached hydrogens (tertiary/aromatic N) is 8. The Hall–Kier alpha value is -4.94. The van der Waals surface area contributed by atoms with Crippen LogP contribution in [-0.2, 0) is 12.8 Å². The number of isothiocyanates is 1. The number of aromatic nitrogens is 2. The summed E-state index contributed by atoms with van der Waals surface area (Å²) in [6, 6.07) is 27.7. The van der Waals surface area contributed by atoms with Crippen LogP contribution in [0.5, 0.6) is 0 Å². The SMILES string of the molecule is C/C1=N\C[C@H](Cc2ccc(SC#N)cc2)/N=C(\C)c2cccc(n2)/C(C)=N/C[C@H](Cc2ccc(N=C=S)cc2)/N=C(\C)c2cccc1n2. The molecule has 1 aliphatic rings. The number of thiocyanates is 1. The van der Waals surface area contributed by atoms with Crippen molar-refractivity contribution < 1.29 is 0 Å². The summed E-state index contributed by atoms with van der Waals surface area (Å²) in [7, 11) is 0. The lowest BCUT2D eigenvalue weighted by atomic mass is 10.1. The normalized spacial score (nSPS) is 21.2. The number of thiocarbonyl (C=S) groups is 1. The van der Waals surface area contributed by atoms with Crippen LogP contribution in [0.15, 0.2) is 115 Å². The van der Waals surface area contributed by atoms with E-state index in [1.807, 2.05) is 100 Å². The highest BCUT2D eigenvalue weighted by Gasteiger charge is 2.15. The lowest BCUT2D eigenvalue weighted by Gasteiger charge is -2.15. The first kappa shape index (κ1) is 34.4. The lowest BCUT2D eigenvalue weighted by Crippen LogP contribution is -2.19. The van der Waals surface area contributed by atoms with Gasteiger partial charge in [-0.05, 0) is 124 Å². The quantitative estimate of drug-likeness (QED) is 0.0896. The Morgan fingerprint density at radius 3 is 1.54 bits per heavy atom. The van der Waals surface area contributed by atoms with E-state index >= 15 is 0 Å². The van der Waals surface area contributed by atoms with Crippen molar-refractivity contribution in [2.75, 3.05) is 13.1 Å². The molecule has 4 bridgehead atoms. The molecule has 0 saturated carbocycles. The molecular weight excluding hydrogens is 633 g/mol. The van der Waals surface area contributed by atoms with Gasteiger partial charge in [-0.25, -0.2) is 9.97 Å². The predicted octanol–water partition coefficient (Wildman–Crippen LogP) is 7.96. The van der Waals surface area contributed by atoms with Crippen molar-refractivity contribution >= 4 is 57.7 Å². The summed E-state index contributed by atoms with van der Waals surface area (Å²) in [4.78, 5) is 35.1. The third-order valence-electron chi connectivity index (χ3n) is 7.95. The van der Waals surface area contributed by atoms with Crippen molar-refractivity contribution in [3.63, 3.8) is 0 Å². The second-order valence-corrected chi connectivity index (χ2v) is 12.6. The van der Waals surface area contributed by atoms with Gasteiger partial charge in [-0.15, -0.1) is 0 Å². The first-order chi connectivity index (χ1) is 23.3. The summed E-state index contributed by atoms with van der Waals surface area (Å²) in [6.07, 6.45) is 1.38. The fraction of sp³-hybridized carbons (Fsp3) is 0.263. The van der Waals surface area contributed by atoms with E-state index in [-0.39, 0.29) is 12.1 Å². The van der Waals surface area contributed by atoms with E-state index in [0.717, 1.165) is 79.1 Å². The molecule has 2 aromatic carbocycles. The van der Waals surface area contributed by atoms with Gasteiger partial charge in [0.2, 0.25) is 0 Å². The van der Waals surface area contributed by atoms with Crippen LogP contribution < -0.4 is 0 Å². The van der Waals surface area contributed by atoms with Crippen LogP contribution in [0.1, 0.15) is 61.6 Å². The van der Waals surface area contributed by atoms with E-state index in [1.165, 1.54) is 0 Å². The zero-order chi connectivity index (χ0) is 33.9. The highest BCUT2D eigenvalue weighted by Crippen LogP contribution is 2.19. The Morgan fingerprint density at radius 1 is 0.667 bits per heavy atom. The maximum Gasteiger partial charge on any atom is 0.138 e. The van der Waals surface area contributed by atoms with Gasteiger partial charge in [0.15, 0.2) is 0 Å². The molecule has 0 aliphatic carbocycles. The van der Waals surface area contributed by atoms with Crippen molar-refractivity contribution in [3.8, 4) is 5.40 Å². The van der Waals surface area contributed by atoms with Crippen LogP contribution in [0.25, 0.3) is 0 Å². The molecule has 0 saturated heterocycles. The minimum absolute atomic E-state index is 0.126. The molecule has 8 nitrogen and oxygen atoms in total.